The maximum atomic E-state index is 5.90. The third-order valence-electron chi connectivity index (χ3n) is 4.28. The molecule has 1 saturated heterocycles. The first-order valence-electron chi connectivity index (χ1n) is 6.14. The van der Waals surface area contributed by atoms with Gasteiger partial charge in [0.15, 0.2) is 0 Å². The van der Waals surface area contributed by atoms with E-state index in [-0.39, 0.29) is 11.0 Å². The molecule has 1 saturated carbocycles. The minimum absolute atomic E-state index is 0.0344. The summed E-state index contributed by atoms with van der Waals surface area (Å²) in [6.07, 6.45) is 4.64. The van der Waals surface area contributed by atoms with Crippen LogP contribution in [0.5, 0.6) is 0 Å². The van der Waals surface area contributed by atoms with Crippen LogP contribution in [0.15, 0.2) is 29.8 Å². The van der Waals surface area contributed by atoms with Gasteiger partial charge in [-0.05, 0) is 36.1 Å². The highest BCUT2D eigenvalue weighted by atomic mass is 35.5. The van der Waals surface area contributed by atoms with Crippen LogP contribution >= 0.6 is 11.6 Å². The maximum Gasteiger partial charge on any atom is 0.118 e. The molecule has 2 aliphatic rings. The van der Waals surface area contributed by atoms with Gasteiger partial charge in [0.05, 0.1) is 6.61 Å². The third kappa shape index (κ3) is 1.73. The lowest BCUT2D eigenvalue weighted by Crippen LogP contribution is -2.27. The second kappa shape index (κ2) is 3.60. The molecule has 17 heavy (non-hydrogen) atoms. The van der Waals surface area contributed by atoms with Crippen molar-refractivity contribution in [1.29, 1.82) is 0 Å². The Morgan fingerprint density at radius 1 is 1.24 bits per heavy atom. The van der Waals surface area contributed by atoms with Crippen molar-refractivity contribution in [1.82, 2.24) is 0 Å². The van der Waals surface area contributed by atoms with E-state index in [1.54, 1.807) is 0 Å². The van der Waals surface area contributed by atoms with Gasteiger partial charge in [0.1, 0.15) is 5.60 Å². The number of hydrogen-bond acceptors (Lipinski definition) is 1. The lowest BCUT2D eigenvalue weighted by molar-refractivity contribution is 0.197. The second-order valence-corrected chi connectivity index (χ2v) is 6.16. The monoisotopic (exact) mass is 248 g/mol. The Hall–Kier alpha value is -0.790. The molecule has 0 aromatic heterocycles. The Kier molecular flexibility index (Phi) is 2.39. The molecule has 1 unspecified atom stereocenters. The van der Waals surface area contributed by atoms with Gasteiger partial charge in [0, 0.05) is 10.4 Å². The Bertz CT molecular complexity index is 466. The molecular formula is C15H17ClO. The molecule has 1 spiro atoms. The summed E-state index contributed by atoms with van der Waals surface area (Å²) in [6.45, 7) is 5.50. The van der Waals surface area contributed by atoms with Crippen LogP contribution in [0.2, 0.25) is 5.02 Å². The van der Waals surface area contributed by atoms with E-state index >= 15 is 0 Å². The van der Waals surface area contributed by atoms with Crippen LogP contribution in [-0.2, 0) is 4.74 Å². The summed E-state index contributed by atoms with van der Waals surface area (Å²) in [6, 6.07) is 8.01. The van der Waals surface area contributed by atoms with Gasteiger partial charge in [0.2, 0.25) is 0 Å². The maximum absolute atomic E-state index is 5.90. The molecule has 0 N–H and O–H groups in total. The first-order valence-corrected chi connectivity index (χ1v) is 6.52. The fourth-order valence-electron chi connectivity index (χ4n) is 2.88. The SMILES string of the molecule is CC1(C)CCC(=Cc2ccc(Cl)cc2)C12CO2. The fourth-order valence-corrected chi connectivity index (χ4v) is 3.01. The lowest BCUT2D eigenvalue weighted by atomic mass is 9.80. The summed E-state index contributed by atoms with van der Waals surface area (Å²) in [5.41, 5.74) is 2.99. The van der Waals surface area contributed by atoms with Crippen molar-refractivity contribution in [3.63, 3.8) is 0 Å². The van der Waals surface area contributed by atoms with Crippen molar-refractivity contribution in [2.45, 2.75) is 32.3 Å². The molecule has 0 amide bonds. The predicted molar refractivity (Wildman–Crippen MR) is 71.1 cm³/mol. The zero-order valence-corrected chi connectivity index (χ0v) is 11.1. The van der Waals surface area contributed by atoms with Gasteiger partial charge in [0.25, 0.3) is 0 Å². The van der Waals surface area contributed by atoms with Crippen molar-refractivity contribution >= 4 is 17.7 Å². The topological polar surface area (TPSA) is 12.5 Å². The molecule has 0 radical (unpaired) electrons. The summed E-state index contributed by atoms with van der Waals surface area (Å²) in [5, 5.41) is 0.788. The van der Waals surface area contributed by atoms with E-state index in [4.69, 9.17) is 16.3 Å². The Labute approximate surface area is 107 Å². The fraction of sp³-hybridized carbons (Fsp3) is 0.467. The predicted octanol–water partition coefficient (Wildman–Crippen LogP) is 4.31. The molecule has 0 bridgehead atoms. The number of epoxide rings is 1. The normalized spacial score (nSPS) is 32.3. The Balaban J connectivity index is 1.93. The minimum atomic E-state index is 0.0344. The highest BCUT2D eigenvalue weighted by Crippen LogP contribution is 2.59. The third-order valence-corrected chi connectivity index (χ3v) is 4.53. The van der Waals surface area contributed by atoms with Gasteiger partial charge in [-0.1, -0.05) is 43.7 Å². The number of rotatable bonds is 1. The van der Waals surface area contributed by atoms with Gasteiger partial charge in [-0.3, -0.25) is 0 Å². The minimum Gasteiger partial charge on any atom is -0.364 e. The average Bonchev–Trinajstić information content (AvgIpc) is 3.04. The number of hydrogen-bond donors (Lipinski definition) is 0. The Morgan fingerprint density at radius 2 is 1.88 bits per heavy atom. The standard InChI is InChI=1S/C15H17ClO/c1-14(2)8-7-12(15(14)10-17-15)9-11-3-5-13(16)6-4-11/h3-6,9H,7-8,10H2,1-2H3. The van der Waals surface area contributed by atoms with E-state index in [1.807, 2.05) is 12.1 Å². The van der Waals surface area contributed by atoms with Crippen LogP contribution < -0.4 is 0 Å². The molecular weight excluding hydrogens is 232 g/mol. The number of halogens is 1. The Morgan fingerprint density at radius 3 is 2.47 bits per heavy atom. The van der Waals surface area contributed by atoms with Crippen molar-refractivity contribution in [2.24, 2.45) is 5.41 Å². The van der Waals surface area contributed by atoms with E-state index < -0.39 is 0 Å². The second-order valence-electron chi connectivity index (χ2n) is 5.72. The number of ether oxygens (including phenoxy) is 1. The van der Waals surface area contributed by atoms with Crippen LogP contribution in [0.3, 0.4) is 0 Å². The van der Waals surface area contributed by atoms with Gasteiger partial charge >= 0.3 is 0 Å². The molecule has 1 aromatic carbocycles. The van der Waals surface area contributed by atoms with Gasteiger partial charge in [-0.2, -0.15) is 0 Å². The zero-order chi connectivity index (χ0) is 12.1. The highest BCUT2D eigenvalue weighted by molar-refractivity contribution is 6.30. The van der Waals surface area contributed by atoms with Crippen LogP contribution in [0.25, 0.3) is 6.08 Å². The van der Waals surface area contributed by atoms with Crippen molar-refractivity contribution in [2.75, 3.05) is 6.61 Å². The van der Waals surface area contributed by atoms with E-state index in [0.717, 1.165) is 18.1 Å². The number of benzene rings is 1. The molecule has 90 valence electrons. The summed E-state index contributed by atoms with van der Waals surface area (Å²) < 4.78 is 5.79. The van der Waals surface area contributed by atoms with Crippen molar-refractivity contribution in [3.05, 3.63) is 40.4 Å². The van der Waals surface area contributed by atoms with E-state index in [0.29, 0.717) is 0 Å². The average molecular weight is 249 g/mol. The summed E-state index contributed by atoms with van der Waals surface area (Å²) in [7, 11) is 0. The van der Waals surface area contributed by atoms with Crippen molar-refractivity contribution in [3.8, 4) is 0 Å². The van der Waals surface area contributed by atoms with Crippen molar-refractivity contribution < 1.29 is 4.74 Å². The smallest absolute Gasteiger partial charge is 0.118 e. The van der Waals surface area contributed by atoms with Crippen LogP contribution in [0.1, 0.15) is 32.3 Å². The molecule has 1 heterocycles. The van der Waals surface area contributed by atoms with Crippen LogP contribution in [-0.4, -0.2) is 12.2 Å². The molecule has 3 rings (SSSR count). The van der Waals surface area contributed by atoms with Gasteiger partial charge in [-0.25, -0.2) is 0 Å². The van der Waals surface area contributed by atoms with Gasteiger partial charge in [-0.15, -0.1) is 0 Å². The molecule has 1 aliphatic heterocycles. The molecule has 2 heteroatoms. The van der Waals surface area contributed by atoms with E-state index in [1.165, 1.54) is 17.6 Å². The first kappa shape index (κ1) is 11.3. The zero-order valence-electron chi connectivity index (χ0n) is 10.3. The van der Waals surface area contributed by atoms with Crippen LogP contribution in [0.4, 0.5) is 0 Å². The van der Waals surface area contributed by atoms with Crippen LogP contribution in [0, 0.1) is 5.41 Å². The molecule has 1 nitrogen and oxygen atoms in total. The molecule has 1 aromatic rings. The van der Waals surface area contributed by atoms with E-state index in [9.17, 15) is 0 Å². The highest BCUT2D eigenvalue weighted by Gasteiger charge is 2.62. The first-order chi connectivity index (χ1) is 8.03. The summed E-state index contributed by atoms with van der Waals surface area (Å²) in [5.74, 6) is 0. The quantitative estimate of drug-likeness (QED) is 0.675. The summed E-state index contributed by atoms with van der Waals surface area (Å²) in [4.78, 5) is 0. The molecule has 1 atom stereocenters. The largest absolute Gasteiger partial charge is 0.364 e. The lowest BCUT2D eigenvalue weighted by Gasteiger charge is -2.23. The molecule has 2 fully saturated rings. The summed E-state index contributed by atoms with van der Waals surface area (Å²) >= 11 is 5.90. The van der Waals surface area contributed by atoms with E-state index in [2.05, 4.69) is 32.1 Å². The van der Waals surface area contributed by atoms with Gasteiger partial charge < -0.3 is 4.74 Å². The molecule has 1 aliphatic carbocycles.